The fourth-order valence-corrected chi connectivity index (χ4v) is 4.26. The van der Waals surface area contributed by atoms with Gasteiger partial charge >= 0.3 is 6.36 Å². The van der Waals surface area contributed by atoms with Crippen molar-refractivity contribution in [1.29, 1.82) is 0 Å². The first-order valence-electron chi connectivity index (χ1n) is 11.1. The largest absolute Gasteiger partial charge is 0.573 e. The summed E-state index contributed by atoms with van der Waals surface area (Å²) >= 11 is 0. The van der Waals surface area contributed by atoms with E-state index in [2.05, 4.69) is 11.7 Å². The highest BCUT2D eigenvalue weighted by atomic mass is 19.4. The second kappa shape index (κ2) is 9.76. The number of aryl methyl sites for hydroxylation is 1. The lowest BCUT2D eigenvalue weighted by atomic mass is 9.85. The van der Waals surface area contributed by atoms with Crippen molar-refractivity contribution in [3.63, 3.8) is 0 Å². The Hall–Kier alpha value is -3.29. The molecule has 0 spiro atoms. The minimum Gasteiger partial charge on any atom is -0.399 e. The molecule has 0 N–H and O–H groups in total. The number of benzene rings is 3. The predicted octanol–water partition coefficient (Wildman–Crippen LogP) is 8.33. The first-order chi connectivity index (χ1) is 16.6. The van der Waals surface area contributed by atoms with Gasteiger partial charge in [0.15, 0.2) is 11.6 Å². The lowest BCUT2D eigenvalue weighted by molar-refractivity contribution is -0.276. The molecular formula is C27H21F7O. The van der Waals surface area contributed by atoms with Crippen LogP contribution in [0.3, 0.4) is 0 Å². The van der Waals surface area contributed by atoms with E-state index in [0.29, 0.717) is 17.7 Å². The minimum absolute atomic E-state index is 0.127. The summed E-state index contributed by atoms with van der Waals surface area (Å²) in [5, 5.41) is 0. The molecule has 0 heterocycles. The van der Waals surface area contributed by atoms with Gasteiger partial charge in [-0.15, -0.1) is 13.2 Å². The van der Waals surface area contributed by atoms with E-state index in [1.807, 2.05) is 30.3 Å². The number of alkyl halides is 3. The van der Waals surface area contributed by atoms with Gasteiger partial charge in [-0.05, 0) is 77.3 Å². The third-order valence-electron chi connectivity index (χ3n) is 5.99. The summed E-state index contributed by atoms with van der Waals surface area (Å²) in [5.74, 6) is -7.21. The molecule has 4 rings (SSSR count). The highest BCUT2D eigenvalue weighted by Crippen LogP contribution is 2.38. The van der Waals surface area contributed by atoms with E-state index in [4.69, 9.17) is 0 Å². The van der Waals surface area contributed by atoms with E-state index in [1.165, 1.54) is 5.56 Å². The van der Waals surface area contributed by atoms with Gasteiger partial charge in [0, 0.05) is 0 Å². The molecular weight excluding hydrogens is 473 g/mol. The van der Waals surface area contributed by atoms with E-state index in [0.717, 1.165) is 36.5 Å². The number of unbranched alkanes of at least 4 members (excludes halogenated alkanes) is 1. The summed E-state index contributed by atoms with van der Waals surface area (Å²) in [6.07, 6.45) is 0.0273. The standard InChI is InChI=1S/C27H21F7O/c1-2-3-4-15-5-7-16(8-6-15)17-9-10-20-18(11-17)12-21(28)24(25(20)31)19-13-22(29)26(23(30)14-19)35-27(32,33)34/h5-9,12-14H,2-4,10-11H2,1H3. The van der Waals surface area contributed by atoms with Gasteiger partial charge < -0.3 is 4.74 Å². The van der Waals surface area contributed by atoms with Crippen molar-refractivity contribution in [2.24, 2.45) is 0 Å². The molecule has 8 heteroatoms. The van der Waals surface area contributed by atoms with Crippen LogP contribution in [-0.2, 0) is 19.3 Å². The van der Waals surface area contributed by atoms with Crippen molar-refractivity contribution < 1.29 is 35.5 Å². The van der Waals surface area contributed by atoms with Crippen molar-refractivity contribution in [3.05, 3.63) is 94.1 Å². The topological polar surface area (TPSA) is 9.23 Å². The van der Waals surface area contributed by atoms with Gasteiger partial charge in [0.1, 0.15) is 11.6 Å². The zero-order chi connectivity index (χ0) is 25.3. The van der Waals surface area contributed by atoms with Gasteiger partial charge in [-0.1, -0.05) is 43.7 Å². The Morgan fingerprint density at radius 1 is 0.857 bits per heavy atom. The summed E-state index contributed by atoms with van der Waals surface area (Å²) in [7, 11) is 0. The predicted molar refractivity (Wildman–Crippen MR) is 119 cm³/mol. The molecule has 1 nitrogen and oxygen atoms in total. The van der Waals surface area contributed by atoms with Crippen molar-refractivity contribution in [2.75, 3.05) is 0 Å². The van der Waals surface area contributed by atoms with Gasteiger partial charge in [-0.25, -0.2) is 17.6 Å². The summed E-state index contributed by atoms with van der Waals surface area (Å²) in [5.41, 5.74) is 2.33. The third kappa shape index (κ3) is 5.36. The number of rotatable bonds is 6. The van der Waals surface area contributed by atoms with Crippen LogP contribution in [0.1, 0.15) is 42.0 Å². The highest BCUT2D eigenvalue weighted by molar-refractivity contribution is 5.74. The van der Waals surface area contributed by atoms with Gasteiger partial charge in [0.2, 0.25) is 5.75 Å². The molecule has 184 valence electrons. The fraction of sp³-hybridized carbons (Fsp3) is 0.259. The van der Waals surface area contributed by atoms with Crippen LogP contribution in [0.25, 0.3) is 16.7 Å². The molecule has 35 heavy (non-hydrogen) atoms. The van der Waals surface area contributed by atoms with E-state index in [1.54, 1.807) is 0 Å². The van der Waals surface area contributed by atoms with Crippen LogP contribution in [0.4, 0.5) is 30.7 Å². The number of ether oxygens (including phenoxy) is 1. The van der Waals surface area contributed by atoms with Crippen LogP contribution >= 0.6 is 0 Å². The van der Waals surface area contributed by atoms with Crippen LogP contribution in [0.15, 0.2) is 48.5 Å². The Kier molecular flexibility index (Phi) is 6.92. The molecule has 0 radical (unpaired) electrons. The molecule has 0 saturated carbocycles. The molecule has 1 aliphatic rings. The second-order valence-corrected chi connectivity index (χ2v) is 8.41. The van der Waals surface area contributed by atoms with Gasteiger partial charge in [-0.3, -0.25) is 0 Å². The average molecular weight is 494 g/mol. The molecule has 0 aliphatic heterocycles. The van der Waals surface area contributed by atoms with Gasteiger partial charge in [-0.2, -0.15) is 0 Å². The molecule has 0 bridgehead atoms. The normalized spacial score (nSPS) is 13.4. The summed E-state index contributed by atoms with van der Waals surface area (Å²) in [6, 6.07) is 9.94. The smallest absolute Gasteiger partial charge is 0.399 e. The average Bonchev–Trinajstić information content (AvgIpc) is 2.79. The summed E-state index contributed by atoms with van der Waals surface area (Å²) in [6.45, 7) is 2.12. The number of halogens is 7. The third-order valence-corrected chi connectivity index (χ3v) is 5.99. The van der Waals surface area contributed by atoms with E-state index in [9.17, 15) is 26.3 Å². The Morgan fingerprint density at radius 2 is 1.51 bits per heavy atom. The van der Waals surface area contributed by atoms with Crippen LogP contribution in [-0.4, -0.2) is 6.36 Å². The summed E-state index contributed by atoms with van der Waals surface area (Å²) in [4.78, 5) is 0. The molecule has 3 aromatic rings. The van der Waals surface area contributed by atoms with Crippen molar-refractivity contribution in [2.45, 2.75) is 45.4 Å². The molecule has 0 amide bonds. The Labute approximate surface area is 197 Å². The maximum absolute atomic E-state index is 15.3. The molecule has 3 aromatic carbocycles. The maximum atomic E-state index is 15.3. The monoisotopic (exact) mass is 494 g/mol. The van der Waals surface area contributed by atoms with Crippen LogP contribution in [0.2, 0.25) is 0 Å². The van der Waals surface area contributed by atoms with Gasteiger partial charge in [0.05, 0.1) is 5.56 Å². The number of allylic oxidation sites excluding steroid dienone is 2. The molecule has 0 saturated heterocycles. The first kappa shape index (κ1) is 24.8. The molecule has 1 aliphatic carbocycles. The van der Waals surface area contributed by atoms with Crippen LogP contribution < -0.4 is 4.74 Å². The highest BCUT2D eigenvalue weighted by Gasteiger charge is 2.34. The zero-order valence-electron chi connectivity index (χ0n) is 18.7. The Bertz CT molecular complexity index is 1250. The first-order valence-corrected chi connectivity index (χ1v) is 11.1. The fourth-order valence-electron chi connectivity index (χ4n) is 4.26. The van der Waals surface area contributed by atoms with Crippen molar-refractivity contribution in [1.82, 2.24) is 0 Å². The minimum atomic E-state index is -5.33. The summed E-state index contributed by atoms with van der Waals surface area (Å²) < 4.78 is 99.0. The Morgan fingerprint density at radius 3 is 2.11 bits per heavy atom. The van der Waals surface area contributed by atoms with Crippen molar-refractivity contribution >= 4 is 5.57 Å². The molecule has 0 fully saturated rings. The van der Waals surface area contributed by atoms with E-state index in [-0.39, 0.29) is 18.4 Å². The molecule has 0 unspecified atom stereocenters. The zero-order valence-corrected chi connectivity index (χ0v) is 18.7. The quantitative estimate of drug-likeness (QED) is 0.313. The van der Waals surface area contributed by atoms with E-state index >= 15 is 4.39 Å². The lowest BCUT2D eigenvalue weighted by Crippen LogP contribution is -2.19. The lowest BCUT2D eigenvalue weighted by Gasteiger charge is -2.21. The molecule has 0 aromatic heterocycles. The number of hydrogen-bond donors (Lipinski definition) is 0. The number of hydrogen-bond acceptors (Lipinski definition) is 1. The van der Waals surface area contributed by atoms with Gasteiger partial charge in [0.25, 0.3) is 0 Å². The second-order valence-electron chi connectivity index (χ2n) is 8.41. The maximum Gasteiger partial charge on any atom is 0.573 e. The van der Waals surface area contributed by atoms with E-state index < -0.39 is 46.5 Å². The van der Waals surface area contributed by atoms with Crippen molar-refractivity contribution in [3.8, 4) is 16.9 Å². The number of fused-ring (bicyclic) bond motifs is 1. The Balaban J connectivity index is 1.64. The van der Waals surface area contributed by atoms with Crippen LogP contribution in [0.5, 0.6) is 5.75 Å². The molecule has 0 atom stereocenters. The SMILES string of the molecule is CCCCc1ccc(C2=CCc3c(cc(F)c(-c4cc(F)c(OC(F)(F)F)c(F)c4)c3F)C2)cc1. The van der Waals surface area contributed by atoms with Crippen LogP contribution in [0, 0.1) is 23.3 Å².